The lowest BCUT2D eigenvalue weighted by atomic mass is 10.1. The van der Waals surface area contributed by atoms with E-state index in [1.54, 1.807) is 43.5 Å². The van der Waals surface area contributed by atoms with Crippen LogP contribution in [0.2, 0.25) is 5.02 Å². The van der Waals surface area contributed by atoms with E-state index in [1.165, 1.54) is 31.8 Å². The summed E-state index contributed by atoms with van der Waals surface area (Å²) >= 11 is 9.60. The molecule has 170 valence electrons. The Hall–Kier alpha value is -2.49. The van der Waals surface area contributed by atoms with Crippen LogP contribution in [0.1, 0.15) is 51.0 Å². The average molecular weight is 520 g/mol. The molecule has 0 aliphatic carbocycles. The largest absolute Gasteiger partial charge is 0.493 e. The van der Waals surface area contributed by atoms with Gasteiger partial charge in [-0.1, -0.05) is 62.8 Å². The van der Waals surface area contributed by atoms with Gasteiger partial charge in [-0.15, -0.1) is 0 Å². The highest BCUT2D eigenvalue weighted by atomic mass is 79.9. The Morgan fingerprint density at radius 1 is 1.19 bits per heavy atom. The van der Waals surface area contributed by atoms with E-state index < -0.39 is 5.91 Å². The number of rotatable bonds is 12. The van der Waals surface area contributed by atoms with Gasteiger partial charge in [0, 0.05) is 0 Å². The number of unbranched alkanes of at least 4 members (excludes halogenated alkanes) is 5. The lowest BCUT2D eigenvalue weighted by molar-refractivity contribution is -0.112. The van der Waals surface area contributed by atoms with E-state index in [1.807, 2.05) is 6.07 Å². The number of carbonyl (C=O) groups is 1. The first kappa shape index (κ1) is 25.8. The van der Waals surface area contributed by atoms with Crippen molar-refractivity contribution in [3.05, 3.63) is 57.0 Å². The summed E-state index contributed by atoms with van der Waals surface area (Å²) in [6.07, 6.45) is 8.58. The van der Waals surface area contributed by atoms with Crippen LogP contribution in [-0.4, -0.2) is 19.6 Å². The van der Waals surface area contributed by atoms with Crippen molar-refractivity contribution in [2.45, 2.75) is 45.4 Å². The monoisotopic (exact) mass is 518 g/mol. The zero-order valence-corrected chi connectivity index (χ0v) is 20.8. The van der Waals surface area contributed by atoms with E-state index in [0.717, 1.165) is 12.8 Å². The van der Waals surface area contributed by atoms with Crippen molar-refractivity contribution in [2.24, 2.45) is 0 Å². The molecule has 2 rings (SSSR count). The van der Waals surface area contributed by atoms with Gasteiger partial charge in [0.25, 0.3) is 5.91 Å². The molecule has 0 saturated carbocycles. The number of benzene rings is 2. The van der Waals surface area contributed by atoms with Crippen LogP contribution in [0.4, 0.5) is 5.69 Å². The molecule has 1 N–H and O–H groups in total. The number of nitriles is 1. The first-order valence-electron chi connectivity index (χ1n) is 10.7. The molecule has 0 atom stereocenters. The molecule has 2 aromatic carbocycles. The number of nitrogens with one attached hydrogen (secondary N) is 1. The van der Waals surface area contributed by atoms with Crippen molar-refractivity contribution in [3.63, 3.8) is 0 Å². The summed E-state index contributed by atoms with van der Waals surface area (Å²) in [6, 6.07) is 12.3. The predicted octanol–water partition coefficient (Wildman–Crippen LogP) is 7.40. The average Bonchev–Trinajstić information content (AvgIpc) is 2.79. The fraction of sp³-hybridized carbons (Fsp3) is 0.360. The maximum Gasteiger partial charge on any atom is 0.266 e. The Morgan fingerprint density at radius 2 is 1.91 bits per heavy atom. The topological polar surface area (TPSA) is 71.3 Å². The molecular formula is C25H28BrClN2O3. The smallest absolute Gasteiger partial charge is 0.266 e. The van der Waals surface area contributed by atoms with Crippen LogP contribution >= 0.6 is 27.5 Å². The molecule has 0 aliphatic heterocycles. The molecule has 0 unspecified atom stereocenters. The van der Waals surface area contributed by atoms with Crippen LogP contribution < -0.4 is 14.8 Å². The summed E-state index contributed by atoms with van der Waals surface area (Å²) in [4.78, 5) is 12.5. The Balaban J connectivity index is 2.09. The van der Waals surface area contributed by atoms with Crippen molar-refractivity contribution < 1.29 is 14.3 Å². The number of ether oxygens (including phenoxy) is 2. The highest BCUT2D eigenvalue weighted by molar-refractivity contribution is 9.10. The lowest BCUT2D eigenvalue weighted by Gasteiger charge is -2.14. The van der Waals surface area contributed by atoms with Gasteiger partial charge < -0.3 is 14.8 Å². The van der Waals surface area contributed by atoms with E-state index in [-0.39, 0.29) is 5.57 Å². The highest BCUT2D eigenvalue weighted by Gasteiger charge is 2.15. The quantitative estimate of drug-likeness (QED) is 0.180. The third-order valence-electron chi connectivity index (χ3n) is 4.79. The Bertz CT molecular complexity index is 986. The standard InChI is InChI=1S/C25H28BrClN2O3/c1-3-4-5-6-7-10-13-32-24-20(26)15-18(16-23(24)31-2)14-19(17-28)25(30)29-22-12-9-8-11-21(22)27/h8-9,11-12,14-16H,3-7,10,13H2,1-2H3,(H,29,30)/b19-14+. The summed E-state index contributed by atoms with van der Waals surface area (Å²) in [7, 11) is 1.56. The van der Waals surface area contributed by atoms with Crippen molar-refractivity contribution in [2.75, 3.05) is 19.0 Å². The molecule has 0 radical (unpaired) electrons. The minimum atomic E-state index is -0.543. The van der Waals surface area contributed by atoms with E-state index in [0.29, 0.717) is 38.9 Å². The molecule has 0 aliphatic rings. The molecule has 7 heteroatoms. The van der Waals surface area contributed by atoms with Crippen LogP contribution in [0.3, 0.4) is 0 Å². The second-order valence-electron chi connectivity index (χ2n) is 7.25. The van der Waals surface area contributed by atoms with E-state index in [2.05, 4.69) is 28.2 Å². The van der Waals surface area contributed by atoms with Gasteiger partial charge in [0.15, 0.2) is 11.5 Å². The van der Waals surface area contributed by atoms with Gasteiger partial charge in [0.1, 0.15) is 11.6 Å². The fourth-order valence-electron chi connectivity index (χ4n) is 3.09. The molecular weight excluding hydrogens is 492 g/mol. The number of hydrogen-bond acceptors (Lipinski definition) is 4. The third kappa shape index (κ3) is 7.89. The van der Waals surface area contributed by atoms with E-state index in [9.17, 15) is 10.1 Å². The summed E-state index contributed by atoms with van der Waals surface area (Å²) in [5.41, 5.74) is 1.02. The second-order valence-corrected chi connectivity index (χ2v) is 8.52. The number of hydrogen-bond donors (Lipinski definition) is 1. The normalized spacial score (nSPS) is 11.0. The molecule has 0 fully saturated rings. The molecule has 2 aromatic rings. The van der Waals surface area contributed by atoms with Crippen LogP contribution in [0.5, 0.6) is 11.5 Å². The van der Waals surface area contributed by atoms with Gasteiger partial charge in [0.05, 0.1) is 28.9 Å². The highest BCUT2D eigenvalue weighted by Crippen LogP contribution is 2.37. The van der Waals surface area contributed by atoms with Crippen molar-refractivity contribution in [1.82, 2.24) is 0 Å². The summed E-state index contributed by atoms with van der Waals surface area (Å²) in [5.74, 6) is 0.594. The van der Waals surface area contributed by atoms with Gasteiger partial charge in [-0.25, -0.2) is 0 Å². The first-order chi connectivity index (χ1) is 15.5. The van der Waals surface area contributed by atoms with Gasteiger partial charge in [-0.05, 0) is 58.3 Å². The number of para-hydroxylation sites is 1. The zero-order chi connectivity index (χ0) is 23.3. The summed E-state index contributed by atoms with van der Waals surface area (Å²) in [5, 5.41) is 12.6. The van der Waals surface area contributed by atoms with Crippen LogP contribution in [0.15, 0.2) is 46.4 Å². The minimum Gasteiger partial charge on any atom is -0.493 e. The molecule has 32 heavy (non-hydrogen) atoms. The summed E-state index contributed by atoms with van der Waals surface area (Å²) < 4.78 is 12.1. The van der Waals surface area contributed by atoms with Gasteiger partial charge in [0.2, 0.25) is 0 Å². The number of carbonyl (C=O) groups excluding carboxylic acids is 1. The van der Waals surface area contributed by atoms with Crippen molar-refractivity contribution in [3.8, 4) is 17.6 Å². The van der Waals surface area contributed by atoms with E-state index >= 15 is 0 Å². The number of halogens is 2. The minimum absolute atomic E-state index is 0.0559. The Morgan fingerprint density at radius 3 is 2.59 bits per heavy atom. The number of nitrogens with zero attached hydrogens (tertiary/aromatic N) is 1. The third-order valence-corrected chi connectivity index (χ3v) is 5.71. The molecule has 1 amide bonds. The van der Waals surface area contributed by atoms with Crippen molar-refractivity contribution in [1.29, 1.82) is 5.26 Å². The van der Waals surface area contributed by atoms with Gasteiger partial charge in [-0.2, -0.15) is 5.26 Å². The number of methoxy groups -OCH3 is 1. The van der Waals surface area contributed by atoms with Crippen LogP contribution in [0.25, 0.3) is 6.08 Å². The van der Waals surface area contributed by atoms with Gasteiger partial charge >= 0.3 is 0 Å². The molecule has 0 spiro atoms. The maximum atomic E-state index is 12.5. The zero-order valence-electron chi connectivity index (χ0n) is 18.4. The van der Waals surface area contributed by atoms with Crippen molar-refractivity contribution >= 4 is 45.2 Å². The Kier molecular flexibility index (Phi) is 11.1. The SMILES string of the molecule is CCCCCCCCOc1c(Br)cc(/C=C(\C#N)C(=O)Nc2ccccc2Cl)cc1OC. The van der Waals surface area contributed by atoms with E-state index in [4.69, 9.17) is 21.1 Å². The molecule has 0 aromatic heterocycles. The Labute approximate surface area is 203 Å². The van der Waals surface area contributed by atoms with Crippen LogP contribution in [-0.2, 0) is 4.79 Å². The first-order valence-corrected chi connectivity index (χ1v) is 11.8. The second kappa shape index (κ2) is 13.8. The molecule has 0 bridgehead atoms. The molecule has 5 nitrogen and oxygen atoms in total. The van der Waals surface area contributed by atoms with Crippen LogP contribution in [0, 0.1) is 11.3 Å². The van der Waals surface area contributed by atoms with Gasteiger partial charge in [-0.3, -0.25) is 4.79 Å². The molecule has 0 saturated heterocycles. The maximum absolute atomic E-state index is 12.5. The number of anilines is 1. The molecule has 0 heterocycles. The number of amides is 1. The fourth-order valence-corrected chi connectivity index (χ4v) is 3.84. The lowest BCUT2D eigenvalue weighted by Crippen LogP contribution is -2.13. The predicted molar refractivity (Wildman–Crippen MR) is 133 cm³/mol. The summed E-state index contributed by atoms with van der Waals surface area (Å²) in [6.45, 7) is 2.80.